The van der Waals surface area contributed by atoms with Crippen molar-refractivity contribution < 1.29 is 18.0 Å². The van der Waals surface area contributed by atoms with Gasteiger partial charge in [-0.25, -0.2) is 24.8 Å². The summed E-state index contributed by atoms with van der Waals surface area (Å²) in [5.74, 6) is 2.59. The fourth-order valence-electron chi connectivity index (χ4n) is 0.983. The maximum absolute atomic E-state index is 11.0. The van der Waals surface area contributed by atoms with Crippen LogP contribution in [0.1, 0.15) is 0 Å². The van der Waals surface area contributed by atoms with E-state index in [1.54, 1.807) is 5.43 Å². The summed E-state index contributed by atoms with van der Waals surface area (Å²) in [6.45, 7) is 0. The lowest BCUT2D eigenvalue weighted by Gasteiger charge is -2.01. The van der Waals surface area contributed by atoms with Gasteiger partial charge in [0.15, 0.2) is 0 Å². The van der Waals surface area contributed by atoms with Gasteiger partial charge in [-0.1, -0.05) is 5.22 Å². The van der Waals surface area contributed by atoms with Crippen molar-refractivity contribution in [3.05, 3.63) is 24.3 Å². The number of benzene rings is 1. The lowest BCUT2D eigenvalue weighted by molar-refractivity contribution is -0.139. The molecular formula is C8H11N7O4S. The molecule has 1 rings (SSSR count). The van der Waals surface area contributed by atoms with E-state index in [0.717, 1.165) is 0 Å². The van der Waals surface area contributed by atoms with Crippen molar-refractivity contribution in [3.63, 3.8) is 0 Å². The molecule has 1 aromatic rings. The summed E-state index contributed by atoms with van der Waals surface area (Å²) in [6.07, 6.45) is 0. The van der Waals surface area contributed by atoms with E-state index in [-0.39, 0.29) is 4.90 Å². The Balaban J connectivity index is 2.55. The van der Waals surface area contributed by atoms with Crippen LogP contribution in [-0.2, 0) is 19.6 Å². The van der Waals surface area contributed by atoms with Crippen LogP contribution in [-0.4, -0.2) is 20.2 Å². The third kappa shape index (κ3) is 4.60. The Morgan fingerprint density at radius 2 is 1.70 bits per heavy atom. The number of carbonyl (C=O) groups is 2. The van der Waals surface area contributed by atoms with Crippen molar-refractivity contribution >= 4 is 27.5 Å². The van der Waals surface area contributed by atoms with Crippen LogP contribution in [0.3, 0.4) is 0 Å². The molecule has 0 spiro atoms. The molecule has 1 aromatic carbocycles. The maximum Gasteiger partial charge on any atom is 0.330 e. The summed E-state index contributed by atoms with van der Waals surface area (Å²) < 4.78 is 22.0. The van der Waals surface area contributed by atoms with Crippen LogP contribution in [0.4, 0.5) is 5.69 Å². The second-order valence-corrected chi connectivity index (χ2v) is 4.84. The lowest BCUT2D eigenvalue weighted by Crippen LogP contribution is -2.46. The Labute approximate surface area is 113 Å². The molecule has 11 nitrogen and oxygen atoms in total. The second kappa shape index (κ2) is 6.55. The highest BCUT2D eigenvalue weighted by atomic mass is 32.2. The van der Waals surface area contributed by atoms with Gasteiger partial charge in [-0.2, -0.15) is 5.53 Å². The van der Waals surface area contributed by atoms with Crippen LogP contribution >= 0.6 is 0 Å². The largest absolute Gasteiger partial charge is 0.330 e. The molecule has 0 saturated carbocycles. The highest BCUT2D eigenvalue weighted by molar-refractivity contribution is 7.89. The smallest absolute Gasteiger partial charge is 0.286 e. The Bertz CT molecular complexity index is 625. The van der Waals surface area contributed by atoms with E-state index in [0.29, 0.717) is 5.69 Å². The Morgan fingerprint density at radius 1 is 1.10 bits per heavy atom. The van der Waals surface area contributed by atoms with Crippen molar-refractivity contribution in [2.75, 3.05) is 0 Å². The SMILES string of the molecule is NNC(=O)C(=O)NNN=Nc1ccc(S(N)(=O)=O)cc1. The number of hydrazine groups is 2. The number of hydrogen-bond acceptors (Lipinski definition) is 7. The van der Waals surface area contributed by atoms with Gasteiger partial charge in [-0.3, -0.25) is 15.0 Å². The van der Waals surface area contributed by atoms with Crippen LogP contribution in [0.15, 0.2) is 39.5 Å². The number of hydrogen-bond donors (Lipinski definition) is 5. The molecule has 0 aliphatic carbocycles. The number of nitrogens with one attached hydrogen (secondary N) is 3. The molecule has 7 N–H and O–H groups in total. The van der Waals surface area contributed by atoms with Gasteiger partial charge in [0, 0.05) is 0 Å². The van der Waals surface area contributed by atoms with E-state index in [1.807, 2.05) is 11.0 Å². The number of rotatable bonds is 4. The fraction of sp³-hybridized carbons (Fsp3) is 0. The average molecular weight is 301 g/mol. The van der Waals surface area contributed by atoms with Gasteiger partial charge in [0.25, 0.3) is 0 Å². The number of nitrogens with two attached hydrogens (primary N) is 2. The summed E-state index contributed by atoms with van der Waals surface area (Å²) in [5.41, 5.74) is 5.78. The van der Waals surface area contributed by atoms with Gasteiger partial charge in [-0.05, 0) is 24.3 Å². The minimum atomic E-state index is -3.77. The molecule has 0 heterocycles. The number of nitrogens with zero attached hydrogens (tertiary/aromatic N) is 2. The number of primary sulfonamides is 1. The predicted octanol–water partition coefficient (Wildman–Crippen LogP) is -2.06. The Morgan fingerprint density at radius 3 is 2.20 bits per heavy atom. The van der Waals surface area contributed by atoms with Gasteiger partial charge >= 0.3 is 11.8 Å². The molecule has 0 aliphatic heterocycles. The molecule has 0 aliphatic rings. The van der Waals surface area contributed by atoms with Crippen molar-refractivity contribution in [2.45, 2.75) is 4.90 Å². The normalized spacial score (nSPS) is 11.1. The first kappa shape index (κ1) is 15.5. The molecular weight excluding hydrogens is 290 g/mol. The molecule has 12 heteroatoms. The van der Waals surface area contributed by atoms with E-state index in [1.165, 1.54) is 24.3 Å². The summed E-state index contributed by atoms with van der Waals surface area (Å²) in [5, 5.41) is 11.8. The van der Waals surface area contributed by atoms with E-state index < -0.39 is 21.8 Å². The van der Waals surface area contributed by atoms with E-state index in [2.05, 4.69) is 10.3 Å². The third-order valence-electron chi connectivity index (χ3n) is 1.89. The van der Waals surface area contributed by atoms with Gasteiger partial charge in [0.1, 0.15) is 0 Å². The van der Waals surface area contributed by atoms with Gasteiger partial charge in [0.05, 0.1) is 10.6 Å². The zero-order valence-corrected chi connectivity index (χ0v) is 10.7. The summed E-state index contributed by atoms with van der Waals surface area (Å²) in [4.78, 5) is 21.5. The van der Waals surface area contributed by atoms with Crippen LogP contribution in [0, 0.1) is 0 Å². The molecule has 0 saturated heterocycles. The number of amides is 2. The topological polar surface area (TPSA) is 181 Å². The molecule has 20 heavy (non-hydrogen) atoms. The first-order chi connectivity index (χ1) is 9.34. The van der Waals surface area contributed by atoms with Crippen LogP contribution in [0.2, 0.25) is 0 Å². The fourth-order valence-corrected chi connectivity index (χ4v) is 1.50. The van der Waals surface area contributed by atoms with Crippen molar-refractivity contribution in [1.82, 2.24) is 16.4 Å². The number of sulfonamides is 1. The summed E-state index contributed by atoms with van der Waals surface area (Å²) in [7, 11) is -3.77. The molecule has 0 radical (unpaired) electrons. The summed E-state index contributed by atoms with van der Waals surface area (Å²) >= 11 is 0. The van der Waals surface area contributed by atoms with Gasteiger partial charge in [0.2, 0.25) is 10.0 Å². The molecule has 2 amide bonds. The molecule has 0 fully saturated rings. The van der Waals surface area contributed by atoms with E-state index in [9.17, 15) is 18.0 Å². The minimum absolute atomic E-state index is 0.0719. The van der Waals surface area contributed by atoms with Crippen molar-refractivity contribution in [2.24, 2.45) is 21.3 Å². The van der Waals surface area contributed by atoms with Crippen LogP contribution < -0.4 is 27.4 Å². The maximum atomic E-state index is 11.0. The van der Waals surface area contributed by atoms with Gasteiger partial charge in [-0.15, -0.1) is 5.11 Å². The first-order valence-electron chi connectivity index (χ1n) is 4.94. The Kier molecular flexibility index (Phi) is 5.08. The van der Waals surface area contributed by atoms with Crippen LogP contribution in [0.5, 0.6) is 0 Å². The molecule has 0 unspecified atom stereocenters. The number of carbonyl (C=O) groups excluding carboxylic acids is 2. The zero-order chi connectivity index (χ0) is 15.2. The van der Waals surface area contributed by atoms with Crippen molar-refractivity contribution in [3.8, 4) is 0 Å². The standard InChI is InChI=1S/C8H11N7O4S/c9-11-7(16)8(17)13-15-14-12-5-1-3-6(4-2-5)20(10,18)19/h1-4H,9H2,(H,11,16)(H,12,15)(H2,10,18,19)(H,13,14,17). The predicted molar refractivity (Wildman–Crippen MR) is 65.9 cm³/mol. The molecule has 0 bridgehead atoms. The monoisotopic (exact) mass is 301 g/mol. The molecule has 0 aromatic heterocycles. The highest BCUT2D eigenvalue weighted by Crippen LogP contribution is 2.15. The lowest BCUT2D eigenvalue weighted by atomic mass is 10.3. The first-order valence-corrected chi connectivity index (χ1v) is 6.48. The quantitative estimate of drug-likeness (QED) is 0.140. The van der Waals surface area contributed by atoms with E-state index in [4.69, 9.17) is 11.0 Å². The summed E-state index contributed by atoms with van der Waals surface area (Å²) in [6, 6.07) is 5.17. The zero-order valence-electron chi connectivity index (χ0n) is 9.90. The minimum Gasteiger partial charge on any atom is -0.286 e. The van der Waals surface area contributed by atoms with Gasteiger partial charge < -0.3 is 0 Å². The average Bonchev–Trinajstić information content (AvgIpc) is 2.42. The highest BCUT2D eigenvalue weighted by Gasteiger charge is 2.09. The van der Waals surface area contributed by atoms with Crippen LogP contribution in [0.25, 0.3) is 0 Å². The van der Waals surface area contributed by atoms with E-state index >= 15 is 0 Å². The third-order valence-corrected chi connectivity index (χ3v) is 2.82. The van der Waals surface area contributed by atoms with Crippen molar-refractivity contribution in [1.29, 1.82) is 0 Å². The molecule has 0 atom stereocenters. The molecule has 108 valence electrons. The Hall–Kier alpha value is -2.57. The second-order valence-electron chi connectivity index (χ2n) is 3.28.